The minimum absolute atomic E-state index is 0.0787. The lowest BCUT2D eigenvalue weighted by Crippen LogP contribution is -2.35. The molecule has 5 heteroatoms. The van der Waals surface area contributed by atoms with E-state index in [0.717, 1.165) is 35.4 Å². The van der Waals surface area contributed by atoms with Gasteiger partial charge in [0.05, 0.1) is 18.2 Å². The molecule has 1 saturated heterocycles. The number of aryl methyl sites for hydroxylation is 1. The molecule has 2 atom stereocenters. The Morgan fingerprint density at radius 2 is 2.04 bits per heavy atom. The van der Waals surface area contributed by atoms with Crippen LogP contribution in [0.4, 0.5) is 0 Å². The molecule has 0 saturated carbocycles. The minimum atomic E-state index is 0.0787. The maximum Gasteiger partial charge on any atom is 0.254 e. The van der Waals surface area contributed by atoms with Crippen molar-refractivity contribution in [2.75, 3.05) is 34.3 Å². The monoisotopic (exact) mass is 327 g/mol. The minimum Gasteiger partial charge on any atom is -0.497 e. The highest BCUT2D eigenvalue weighted by Crippen LogP contribution is 2.27. The predicted molar refractivity (Wildman–Crippen MR) is 95.6 cm³/mol. The molecule has 1 aromatic carbocycles. The number of rotatable bonds is 3. The largest absolute Gasteiger partial charge is 0.497 e. The lowest BCUT2D eigenvalue weighted by Gasteiger charge is -2.22. The van der Waals surface area contributed by atoms with Gasteiger partial charge in [-0.25, -0.2) is 0 Å². The fraction of sp³-hybridized carbons (Fsp3) is 0.474. The molecule has 2 unspecified atom stereocenters. The molecular formula is C19H25N3O2. The van der Waals surface area contributed by atoms with Crippen LogP contribution in [0.2, 0.25) is 0 Å². The van der Waals surface area contributed by atoms with E-state index in [4.69, 9.17) is 4.74 Å². The number of likely N-dealkylation sites (N-methyl/N-ethyl adjacent to an activating group) is 1. The Morgan fingerprint density at radius 3 is 2.67 bits per heavy atom. The number of aromatic nitrogens is 1. The standard InChI is InChI=1S/C19H25N3O2/c1-12-10-22(11-18(12)21(3)4)19(23)16-8-13(2)20-17-7-6-14(24-5)9-15(16)17/h6-9,12,18H,10-11H2,1-5H3. The van der Waals surface area contributed by atoms with Crippen molar-refractivity contribution in [3.8, 4) is 5.75 Å². The quantitative estimate of drug-likeness (QED) is 0.869. The smallest absolute Gasteiger partial charge is 0.254 e. The van der Waals surface area contributed by atoms with Crippen LogP contribution >= 0.6 is 0 Å². The number of fused-ring (bicyclic) bond motifs is 1. The fourth-order valence-corrected chi connectivity index (χ4v) is 3.60. The number of carbonyl (C=O) groups is 1. The lowest BCUT2D eigenvalue weighted by atomic mass is 10.1. The molecule has 5 nitrogen and oxygen atoms in total. The Hall–Kier alpha value is -2.14. The molecule has 1 fully saturated rings. The summed E-state index contributed by atoms with van der Waals surface area (Å²) in [6, 6.07) is 7.98. The number of nitrogens with zero attached hydrogens (tertiary/aromatic N) is 3. The third kappa shape index (κ3) is 2.96. The second kappa shape index (κ2) is 6.40. The van der Waals surface area contributed by atoms with Gasteiger partial charge in [-0.15, -0.1) is 0 Å². The predicted octanol–water partition coefficient (Wildman–Crippen LogP) is 2.57. The van der Waals surface area contributed by atoms with Crippen LogP contribution in [0.3, 0.4) is 0 Å². The molecular weight excluding hydrogens is 302 g/mol. The van der Waals surface area contributed by atoms with Crippen LogP contribution in [0.1, 0.15) is 23.0 Å². The van der Waals surface area contributed by atoms with E-state index in [0.29, 0.717) is 17.5 Å². The Morgan fingerprint density at radius 1 is 1.29 bits per heavy atom. The highest BCUT2D eigenvalue weighted by molar-refractivity contribution is 6.06. The molecule has 1 aliphatic rings. The van der Waals surface area contributed by atoms with Gasteiger partial charge in [0.1, 0.15) is 5.75 Å². The number of ether oxygens (including phenoxy) is 1. The molecule has 0 bridgehead atoms. The van der Waals surface area contributed by atoms with Crippen molar-refractivity contribution in [1.82, 2.24) is 14.8 Å². The maximum absolute atomic E-state index is 13.2. The molecule has 1 amide bonds. The van der Waals surface area contributed by atoms with Gasteiger partial charge in [-0.1, -0.05) is 6.92 Å². The van der Waals surface area contributed by atoms with E-state index >= 15 is 0 Å². The van der Waals surface area contributed by atoms with Crippen molar-refractivity contribution < 1.29 is 9.53 Å². The highest BCUT2D eigenvalue weighted by atomic mass is 16.5. The molecule has 0 aliphatic carbocycles. The van der Waals surface area contributed by atoms with Gasteiger partial charge in [-0.2, -0.15) is 0 Å². The molecule has 3 rings (SSSR count). The SMILES string of the molecule is COc1ccc2nc(C)cc(C(=O)N3CC(C)C(N(C)C)C3)c2c1. The molecule has 1 aliphatic heterocycles. The van der Waals surface area contributed by atoms with Gasteiger partial charge in [0.15, 0.2) is 0 Å². The number of amides is 1. The molecule has 128 valence electrons. The molecule has 1 aromatic heterocycles. The van der Waals surface area contributed by atoms with Crippen LogP contribution in [0.25, 0.3) is 10.9 Å². The van der Waals surface area contributed by atoms with E-state index in [-0.39, 0.29) is 5.91 Å². The number of carbonyl (C=O) groups excluding carboxylic acids is 1. The van der Waals surface area contributed by atoms with E-state index in [2.05, 4.69) is 30.9 Å². The topological polar surface area (TPSA) is 45.7 Å². The van der Waals surface area contributed by atoms with Gasteiger partial charge in [0.2, 0.25) is 0 Å². The average Bonchev–Trinajstić information content (AvgIpc) is 2.95. The van der Waals surface area contributed by atoms with E-state index in [1.54, 1.807) is 7.11 Å². The van der Waals surface area contributed by atoms with Crippen molar-refractivity contribution in [3.63, 3.8) is 0 Å². The first-order valence-corrected chi connectivity index (χ1v) is 8.31. The summed E-state index contributed by atoms with van der Waals surface area (Å²) < 4.78 is 5.32. The van der Waals surface area contributed by atoms with E-state index in [9.17, 15) is 4.79 Å². The molecule has 0 N–H and O–H groups in total. The summed E-state index contributed by atoms with van der Waals surface area (Å²) >= 11 is 0. The number of benzene rings is 1. The van der Waals surface area contributed by atoms with E-state index < -0.39 is 0 Å². The zero-order chi connectivity index (χ0) is 17.4. The van der Waals surface area contributed by atoms with E-state index in [1.807, 2.05) is 36.1 Å². The lowest BCUT2D eigenvalue weighted by molar-refractivity contribution is 0.0783. The first kappa shape index (κ1) is 16.7. The van der Waals surface area contributed by atoms with Crippen molar-refractivity contribution >= 4 is 16.8 Å². The Kier molecular flexibility index (Phi) is 4.45. The number of pyridine rings is 1. The van der Waals surface area contributed by atoms with Gasteiger partial charge in [0, 0.05) is 30.2 Å². The molecule has 0 radical (unpaired) electrons. The summed E-state index contributed by atoms with van der Waals surface area (Å²) in [5.74, 6) is 1.28. The molecule has 2 aromatic rings. The van der Waals surface area contributed by atoms with E-state index in [1.165, 1.54) is 0 Å². The number of hydrogen-bond donors (Lipinski definition) is 0. The summed E-state index contributed by atoms with van der Waals surface area (Å²) in [5, 5.41) is 0.853. The fourth-order valence-electron chi connectivity index (χ4n) is 3.60. The first-order chi connectivity index (χ1) is 11.4. The molecule has 24 heavy (non-hydrogen) atoms. The van der Waals surface area contributed by atoms with Crippen LogP contribution in [-0.2, 0) is 0 Å². The maximum atomic E-state index is 13.2. The summed E-state index contributed by atoms with van der Waals surface area (Å²) in [6.45, 7) is 5.68. The third-order valence-corrected chi connectivity index (χ3v) is 4.90. The number of hydrogen-bond acceptors (Lipinski definition) is 4. The summed E-state index contributed by atoms with van der Waals surface area (Å²) in [5.41, 5.74) is 2.39. The van der Waals surface area contributed by atoms with Crippen molar-refractivity contribution in [2.24, 2.45) is 5.92 Å². The Bertz CT molecular complexity index is 773. The van der Waals surface area contributed by atoms with Gasteiger partial charge >= 0.3 is 0 Å². The van der Waals surface area contributed by atoms with Crippen LogP contribution < -0.4 is 4.74 Å². The van der Waals surface area contributed by atoms with Gasteiger partial charge in [-0.3, -0.25) is 9.78 Å². The van der Waals surface area contributed by atoms with Gasteiger partial charge < -0.3 is 14.5 Å². The third-order valence-electron chi connectivity index (χ3n) is 4.90. The van der Waals surface area contributed by atoms with Crippen LogP contribution in [-0.4, -0.2) is 61.0 Å². The average molecular weight is 327 g/mol. The van der Waals surface area contributed by atoms with Gasteiger partial charge in [0.25, 0.3) is 5.91 Å². The van der Waals surface area contributed by atoms with Crippen LogP contribution in [0.15, 0.2) is 24.3 Å². The first-order valence-electron chi connectivity index (χ1n) is 8.31. The van der Waals surface area contributed by atoms with Gasteiger partial charge in [-0.05, 0) is 51.2 Å². The molecule has 2 heterocycles. The Balaban J connectivity index is 2.01. The van der Waals surface area contributed by atoms with Crippen molar-refractivity contribution in [2.45, 2.75) is 19.9 Å². The highest BCUT2D eigenvalue weighted by Gasteiger charge is 2.34. The summed E-state index contributed by atoms with van der Waals surface area (Å²) in [4.78, 5) is 21.9. The second-order valence-electron chi connectivity index (χ2n) is 6.91. The number of likely N-dealkylation sites (tertiary alicyclic amines) is 1. The normalized spacial score (nSPS) is 20.8. The molecule has 0 spiro atoms. The zero-order valence-electron chi connectivity index (χ0n) is 15.0. The number of methoxy groups -OCH3 is 1. The summed E-state index contributed by atoms with van der Waals surface area (Å²) in [6.07, 6.45) is 0. The van der Waals surface area contributed by atoms with Crippen molar-refractivity contribution in [3.05, 3.63) is 35.5 Å². The summed E-state index contributed by atoms with van der Waals surface area (Å²) in [7, 11) is 5.78. The van der Waals surface area contributed by atoms with Crippen LogP contribution in [0, 0.1) is 12.8 Å². The zero-order valence-corrected chi connectivity index (χ0v) is 15.0. The van der Waals surface area contributed by atoms with Crippen molar-refractivity contribution in [1.29, 1.82) is 0 Å². The van der Waals surface area contributed by atoms with Crippen LogP contribution in [0.5, 0.6) is 5.75 Å². The Labute approximate surface area is 143 Å². The second-order valence-corrected chi connectivity index (χ2v) is 6.91.